The molecule has 3 aromatic rings. The lowest BCUT2D eigenvalue weighted by Crippen LogP contribution is -2.54. The standard InChI is InChI=1S/C44H65N3O5.C3H8.C2H6/c1-28(2)20-22-51-36-33(42(8,9)10)24-30(25-34(36)43(11,12)13)26-46-38(48)45(17)39(49)47(40(46)50)27-31-18-19-32(41(5,6)7)37(35(31)44(14,15)16)52-23-21-29(3)4;1-3-2;1-2/h18-21,24-25H,22-23,26-27H2,1-17H3;3H2,1-2H3;1-2H3. The summed E-state index contributed by atoms with van der Waals surface area (Å²) in [5.41, 5.74) is 4.70. The van der Waals surface area contributed by atoms with Gasteiger partial charge in [0.05, 0.1) is 13.1 Å². The molecule has 0 aliphatic rings. The van der Waals surface area contributed by atoms with Gasteiger partial charge in [0.2, 0.25) is 0 Å². The second-order valence-corrected chi connectivity index (χ2v) is 19.5. The summed E-state index contributed by atoms with van der Waals surface area (Å²) >= 11 is 0. The Labute approximate surface area is 346 Å². The maximum atomic E-state index is 14.4. The molecule has 0 unspecified atom stereocenters. The van der Waals surface area contributed by atoms with E-state index in [-0.39, 0.29) is 34.7 Å². The highest BCUT2D eigenvalue weighted by Crippen LogP contribution is 2.43. The molecule has 0 amide bonds. The molecule has 0 saturated heterocycles. The van der Waals surface area contributed by atoms with Crippen molar-refractivity contribution in [2.75, 3.05) is 13.2 Å². The van der Waals surface area contributed by atoms with Crippen molar-refractivity contribution in [2.24, 2.45) is 7.05 Å². The van der Waals surface area contributed by atoms with Gasteiger partial charge in [0.25, 0.3) is 0 Å². The Morgan fingerprint density at radius 3 is 1.33 bits per heavy atom. The van der Waals surface area contributed by atoms with Crippen LogP contribution in [0.5, 0.6) is 11.5 Å². The molecule has 0 saturated carbocycles. The lowest BCUT2D eigenvalue weighted by Gasteiger charge is -2.32. The first-order chi connectivity index (χ1) is 26.1. The second-order valence-electron chi connectivity index (χ2n) is 19.5. The van der Waals surface area contributed by atoms with Gasteiger partial charge in [-0.15, -0.1) is 0 Å². The lowest BCUT2D eigenvalue weighted by molar-refractivity contribution is 0.336. The Hall–Kier alpha value is -4.07. The highest BCUT2D eigenvalue weighted by atomic mass is 16.5. The van der Waals surface area contributed by atoms with Gasteiger partial charge in [-0.3, -0.25) is 0 Å². The van der Waals surface area contributed by atoms with Crippen LogP contribution in [0.1, 0.15) is 178 Å². The van der Waals surface area contributed by atoms with Crippen LogP contribution < -0.4 is 26.5 Å². The number of allylic oxidation sites excluding steroid dienone is 2. The van der Waals surface area contributed by atoms with Gasteiger partial charge in [0.1, 0.15) is 24.7 Å². The van der Waals surface area contributed by atoms with Gasteiger partial charge in [0.15, 0.2) is 0 Å². The van der Waals surface area contributed by atoms with E-state index >= 15 is 0 Å². The van der Waals surface area contributed by atoms with E-state index < -0.39 is 17.1 Å². The van der Waals surface area contributed by atoms with Crippen LogP contribution in [0.15, 0.2) is 61.9 Å². The van der Waals surface area contributed by atoms with Gasteiger partial charge < -0.3 is 9.47 Å². The third-order valence-corrected chi connectivity index (χ3v) is 9.17. The number of nitrogens with zero attached hydrogens (tertiary/aromatic N) is 3. The van der Waals surface area contributed by atoms with Crippen molar-refractivity contribution in [3.63, 3.8) is 0 Å². The van der Waals surface area contributed by atoms with Crippen molar-refractivity contribution in [3.8, 4) is 11.5 Å². The van der Waals surface area contributed by atoms with Crippen LogP contribution in [0.2, 0.25) is 0 Å². The third-order valence-electron chi connectivity index (χ3n) is 9.17. The van der Waals surface area contributed by atoms with Crippen molar-refractivity contribution in [1.29, 1.82) is 0 Å². The van der Waals surface area contributed by atoms with E-state index in [4.69, 9.17) is 9.47 Å². The summed E-state index contributed by atoms with van der Waals surface area (Å²) in [7, 11) is 1.43. The fourth-order valence-corrected chi connectivity index (χ4v) is 6.33. The Morgan fingerprint density at radius 1 is 0.579 bits per heavy atom. The molecule has 2 aromatic carbocycles. The van der Waals surface area contributed by atoms with Gasteiger partial charge in [-0.05, 0) is 90.3 Å². The number of ether oxygens (including phenoxy) is 2. The van der Waals surface area contributed by atoms with Crippen molar-refractivity contribution >= 4 is 0 Å². The van der Waals surface area contributed by atoms with E-state index in [2.05, 4.69) is 103 Å². The molecule has 3 rings (SSSR count). The zero-order valence-corrected chi connectivity index (χ0v) is 39.9. The minimum absolute atomic E-state index is 0.00163. The van der Waals surface area contributed by atoms with Crippen LogP contribution in [-0.2, 0) is 41.8 Å². The average molecular weight is 790 g/mol. The number of benzene rings is 2. The van der Waals surface area contributed by atoms with E-state index in [9.17, 15) is 14.4 Å². The monoisotopic (exact) mass is 790 g/mol. The average Bonchev–Trinajstić information content (AvgIpc) is 3.07. The zero-order valence-electron chi connectivity index (χ0n) is 39.9. The second kappa shape index (κ2) is 20.6. The fraction of sp³-hybridized carbons (Fsp3) is 0.612. The maximum absolute atomic E-state index is 14.4. The summed E-state index contributed by atoms with van der Waals surface area (Å²) in [6.07, 6.45) is 5.35. The summed E-state index contributed by atoms with van der Waals surface area (Å²) in [4.78, 5) is 41.8. The first-order valence-corrected chi connectivity index (χ1v) is 20.8. The van der Waals surface area contributed by atoms with E-state index in [1.807, 2.05) is 71.9 Å². The summed E-state index contributed by atoms with van der Waals surface area (Å²) < 4.78 is 16.3. The van der Waals surface area contributed by atoms with E-state index in [1.165, 1.54) is 28.2 Å². The summed E-state index contributed by atoms with van der Waals surface area (Å²) in [5.74, 6) is 1.59. The molecule has 0 aliphatic heterocycles. The highest BCUT2D eigenvalue weighted by molar-refractivity contribution is 5.53. The molecule has 57 heavy (non-hydrogen) atoms. The van der Waals surface area contributed by atoms with Crippen molar-refractivity contribution in [3.05, 3.63) is 112 Å². The molecule has 0 spiro atoms. The smallest absolute Gasteiger partial charge is 0.336 e. The maximum Gasteiger partial charge on any atom is 0.336 e. The first-order valence-electron chi connectivity index (χ1n) is 20.8. The number of hydrogen-bond acceptors (Lipinski definition) is 5. The molecule has 0 fully saturated rings. The number of hydrogen-bond donors (Lipinski definition) is 0. The highest BCUT2D eigenvalue weighted by Gasteiger charge is 2.31. The molecule has 0 aliphatic carbocycles. The largest absolute Gasteiger partial charge is 0.489 e. The zero-order chi connectivity index (χ0) is 44.4. The topological polar surface area (TPSA) is 84.5 Å². The van der Waals surface area contributed by atoms with Crippen LogP contribution in [0, 0.1) is 0 Å². The van der Waals surface area contributed by atoms with Gasteiger partial charge in [-0.25, -0.2) is 28.1 Å². The quantitative estimate of drug-likeness (QED) is 0.191. The predicted molar refractivity (Wildman–Crippen MR) is 243 cm³/mol. The Morgan fingerprint density at radius 2 is 0.965 bits per heavy atom. The van der Waals surface area contributed by atoms with Crippen LogP contribution in [0.4, 0.5) is 0 Å². The molecule has 0 atom stereocenters. The molecule has 8 heteroatoms. The van der Waals surface area contributed by atoms with Crippen molar-refractivity contribution in [2.45, 2.75) is 180 Å². The first kappa shape index (κ1) is 50.9. The molecule has 1 aromatic heterocycles. The van der Waals surface area contributed by atoms with Gasteiger partial charge in [-0.1, -0.05) is 140 Å². The molecule has 8 nitrogen and oxygen atoms in total. The Balaban J connectivity index is 0.00000309. The van der Waals surface area contributed by atoms with Crippen LogP contribution in [-0.4, -0.2) is 26.9 Å². The Bertz CT molecular complexity index is 2000. The SMILES string of the molecule is CC.CC(C)=CCOc1c(C(C)(C)C)cc(Cn2c(=O)n(C)c(=O)n(Cc3ccc(C(C)(C)C)c(OCC=C(C)C)c3C(C)(C)C)c2=O)cc1C(C)(C)C.CCC. The molecule has 1 heterocycles. The molecule has 0 N–H and O–H groups in total. The van der Waals surface area contributed by atoms with E-state index in [0.717, 1.165) is 55.0 Å². The number of aromatic nitrogens is 3. The minimum Gasteiger partial charge on any atom is -0.489 e. The normalized spacial score (nSPS) is 11.8. The summed E-state index contributed by atoms with van der Waals surface area (Å²) in [6.45, 7) is 42.8. The molecule has 0 radical (unpaired) electrons. The number of rotatable bonds is 10. The van der Waals surface area contributed by atoms with Gasteiger partial charge in [0, 0.05) is 23.7 Å². The Kier molecular flexibility index (Phi) is 18.4. The molecule has 0 bridgehead atoms. The molecular weight excluding hydrogens is 711 g/mol. The van der Waals surface area contributed by atoms with Gasteiger partial charge >= 0.3 is 17.1 Å². The predicted octanol–water partition coefficient (Wildman–Crippen LogP) is 11.1. The van der Waals surface area contributed by atoms with Crippen LogP contribution >= 0.6 is 0 Å². The van der Waals surface area contributed by atoms with Crippen LogP contribution in [0.25, 0.3) is 0 Å². The minimum atomic E-state index is -0.660. The fourth-order valence-electron chi connectivity index (χ4n) is 6.33. The van der Waals surface area contributed by atoms with E-state index in [1.54, 1.807) is 0 Å². The van der Waals surface area contributed by atoms with E-state index in [0.29, 0.717) is 13.2 Å². The third kappa shape index (κ3) is 13.8. The van der Waals surface area contributed by atoms with Crippen LogP contribution in [0.3, 0.4) is 0 Å². The summed E-state index contributed by atoms with van der Waals surface area (Å²) in [6, 6.07) is 8.10. The van der Waals surface area contributed by atoms with Gasteiger partial charge in [-0.2, -0.15) is 0 Å². The van der Waals surface area contributed by atoms with Crippen molar-refractivity contribution < 1.29 is 9.47 Å². The molecular formula is C49H79N3O5. The van der Waals surface area contributed by atoms with Crippen molar-refractivity contribution in [1.82, 2.24) is 13.7 Å². The molecule has 320 valence electrons. The lowest BCUT2D eigenvalue weighted by atomic mass is 9.77. The summed E-state index contributed by atoms with van der Waals surface area (Å²) in [5, 5.41) is 0.